The Morgan fingerprint density at radius 3 is 0.779 bits per heavy atom. The van der Waals surface area contributed by atoms with Gasteiger partial charge in [-0.2, -0.15) is 0 Å². The molecular formula is C134H91N3O3. The Hall–Kier alpha value is -18.6. The van der Waals surface area contributed by atoms with E-state index in [1.165, 1.54) is 77.2 Å². The maximum absolute atomic E-state index is 6.79. The van der Waals surface area contributed by atoms with Crippen molar-refractivity contribution in [3.8, 4) is 100 Å². The normalized spacial score (nSPS) is 11.3. The van der Waals surface area contributed by atoms with E-state index < -0.39 is 0 Å². The molecule has 0 atom stereocenters. The van der Waals surface area contributed by atoms with Crippen LogP contribution in [0.1, 0.15) is 0 Å². The molecule has 0 saturated heterocycles. The molecule has 0 saturated carbocycles. The van der Waals surface area contributed by atoms with E-state index in [-0.39, 0.29) is 0 Å². The Morgan fingerprint density at radius 2 is 0.364 bits per heavy atom. The molecule has 6 nitrogen and oxygen atoms in total. The summed E-state index contributed by atoms with van der Waals surface area (Å²) < 4.78 is 20.0. The van der Waals surface area contributed by atoms with Gasteiger partial charge in [-0.05, 0) is 197 Å². The number of fused-ring (bicyclic) bond motifs is 11. The van der Waals surface area contributed by atoms with Crippen molar-refractivity contribution in [2.45, 2.75) is 0 Å². The number of para-hydroxylation sites is 6. The Balaban J connectivity index is 0.000000115. The summed E-state index contributed by atoms with van der Waals surface area (Å²) in [5, 5.41) is 11.7. The van der Waals surface area contributed by atoms with Crippen LogP contribution in [0.2, 0.25) is 0 Å². The van der Waals surface area contributed by atoms with E-state index in [9.17, 15) is 0 Å². The van der Waals surface area contributed by atoms with Gasteiger partial charge in [-0.3, -0.25) is 0 Å². The number of nitrogens with zero attached hydrogens (tertiary/aromatic N) is 3. The molecule has 23 aromatic carbocycles. The molecule has 0 aliphatic carbocycles. The Kier molecular flexibility index (Phi) is 22.7. The van der Waals surface area contributed by atoms with Crippen molar-refractivity contribution in [2.75, 3.05) is 14.7 Å². The Morgan fingerprint density at radius 1 is 0.121 bits per heavy atom. The molecule has 6 heteroatoms. The third kappa shape index (κ3) is 16.5. The average Bonchev–Trinajstić information content (AvgIpc) is 1.68. The van der Waals surface area contributed by atoms with E-state index in [2.05, 4.69) is 530 Å². The lowest BCUT2D eigenvalue weighted by atomic mass is 9.98. The summed E-state index contributed by atoms with van der Waals surface area (Å²) in [6, 6.07) is 196. The molecule has 0 bridgehead atoms. The summed E-state index contributed by atoms with van der Waals surface area (Å²) in [5.74, 6) is 0. The van der Waals surface area contributed by atoms with Crippen LogP contribution in [0, 0.1) is 0 Å². The third-order valence-corrected chi connectivity index (χ3v) is 26.9. The standard InChI is InChI=1S/C50H33NO.C48H33NO.C36H25NO/c1-2-12-36(13-3-1)44-21-10-23-46-47-24-11-22-45(50(47)52-49(44)46)38-28-32-40(33-29-38)51(48-25-9-17-35-15-5-7-19-43(35)48)39-30-26-37(27-31-39)42-20-8-16-34-14-4-6-18-41(34)42;1-4-13-34(14-5-1)36-25-29-40(30-26-36)49(41-31-27-37(28-32-41)35-15-6-2-7-16-35)42-20-10-19-39(33-42)44-22-12-24-46-45-23-11-21-43(47(45)50-48(44)46)38-17-8-3-9-18-38;1-3-10-26(11-4-1)28-18-22-30(23-19-28)37(31-24-20-29(21-25-31)27-12-5-2-6-13-27)34-16-9-15-33-32-14-7-8-17-35(32)38-36(33)34/h1-33H;1-33H;1-25H. The summed E-state index contributed by atoms with van der Waals surface area (Å²) in [7, 11) is 0. The van der Waals surface area contributed by atoms with Crippen molar-refractivity contribution in [3.63, 3.8) is 0 Å². The molecule has 0 fully saturated rings. The highest BCUT2D eigenvalue weighted by Gasteiger charge is 2.25. The van der Waals surface area contributed by atoms with Crippen molar-refractivity contribution in [3.05, 3.63) is 552 Å². The monoisotopic (exact) mass is 1790 g/mol. The van der Waals surface area contributed by atoms with Gasteiger partial charge in [-0.25, -0.2) is 0 Å². The highest BCUT2D eigenvalue weighted by Crippen LogP contribution is 2.49. The van der Waals surface area contributed by atoms with Crippen LogP contribution >= 0.6 is 0 Å². The number of hydrogen-bond donors (Lipinski definition) is 0. The molecule has 660 valence electrons. The van der Waals surface area contributed by atoms with Crippen LogP contribution in [0.5, 0.6) is 0 Å². The number of hydrogen-bond acceptors (Lipinski definition) is 6. The fourth-order valence-corrected chi connectivity index (χ4v) is 20.0. The molecule has 0 spiro atoms. The van der Waals surface area contributed by atoms with Gasteiger partial charge < -0.3 is 28.0 Å². The van der Waals surface area contributed by atoms with Gasteiger partial charge in [0.05, 0.1) is 11.4 Å². The fraction of sp³-hybridized carbons (Fsp3) is 0. The average molecular weight is 1790 g/mol. The molecule has 0 aliphatic rings. The van der Waals surface area contributed by atoms with Crippen LogP contribution in [0.4, 0.5) is 51.2 Å². The van der Waals surface area contributed by atoms with Crippen LogP contribution in [0.15, 0.2) is 565 Å². The number of benzene rings is 23. The molecule has 26 rings (SSSR count). The molecule has 140 heavy (non-hydrogen) atoms. The molecule has 0 amide bonds. The fourth-order valence-electron chi connectivity index (χ4n) is 20.0. The first kappa shape index (κ1) is 84.4. The van der Waals surface area contributed by atoms with Crippen LogP contribution in [-0.4, -0.2) is 0 Å². The summed E-state index contributed by atoms with van der Waals surface area (Å²) in [6.07, 6.45) is 0. The zero-order chi connectivity index (χ0) is 93.0. The van der Waals surface area contributed by atoms with Gasteiger partial charge in [0.25, 0.3) is 0 Å². The second-order valence-corrected chi connectivity index (χ2v) is 35.2. The second-order valence-electron chi connectivity index (χ2n) is 35.2. The van der Waals surface area contributed by atoms with Gasteiger partial charge in [0.15, 0.2) is 5.58 Å². The number of anilines is 9. The smallest absolute Gasteiger partial charge is 0.159 e. The predicted molar refractivity (Wildman–Crippen MR) is 589 cm³/mol. The van der Waals surface area contributed by atoms with Gasteiger partial charge in [-0.15, -0.1) is 0 Å². The van der Waals surface area contributed by atoms with Gasteiger partial charge >= 0.3 is 0 Å². The van der Waals surface area contributed by atoms with Crippen molar-refractivity contribution in [1.29, 1.82) is 0 Å². The minimum atomic E-state index is 0.882. The Bertz CT molecular complexity index is 8740. The lowest BCUT2D eigenvalue weighted by Crippen LogP contribution is -2.10. The van der Waals surface area contributed by atoms with Gasteiger partial charge in [0.2, 0.25) is 0 Å². The summed E-state index contributed by atoms with van der Waals surface area (Å²) in [5.41, 5.74) is 36.0. The molecule has 3 aromatic heterocycles. The third-order valence-electron chi connectivity index (χ3n) is 26.9. The SMILES string of the molecule is c1ccc(-c2ccc(N(c3ccc(-c4ccccc4)cc3)c3cccc(-c4cccc5c4oc4c(-c6ccccc6)cccc45)c3)cc2)cc1.c1ccc(-c2ccc(N(c3ccc(-c4ccccc4)cc3)c3cccc4c3oc3ccccc34)cc2)cc1.c1ccc(-c2cccc3c2oc2c(-c4ccc(N(c5ccc(-c6cccc7ccccc67)cc5)c5cccc6ccccc56)cc4)cccc23)cc1. The molecule has 0 aliphatic heterocycles. The zero-order valence-electron chi connectivity index (χ0n) is 76.6. The second kappa shape index (κ2) is 37.7. The highest BCUT2D eigenvalue weighted by atomic mass is 16.3. The van der Waals surface area contributed by atoms with E-state index >= 15 is 0 Å². The predicted octanol–water partition coefficient (Wildman–Crippen LogP) is 38.5. The van der Waals surface area contributed by atoms with Gasteiger partial charge in [-0.1, -0.05) is 449 Å². The quantitative estimate of drug-likeness (QED) is 0.0853. The van der Waals surface area contributed by atoms with Crippen molar-refractivity contribution in [2.24, 2.45) is 0 Å². The lowest BCUT2D eigenvalue weighted by molar-refractivity contribution is 0.669. The molecule has 26 aromatic rings. The minimum absolute atomic E-state index is 0.882. The van der Waals surface area contributed by atoms with Crippen molar-refractivity contribution in [1.82, 2.24) is 0 Å². The summed E-state index contributed by atoms with van der Waals surface area (Å²) >= 11 is 0. The molecule has 0 unspecified atom stereocenters. The van der Waals surface area contributed by atoms with Gasteiger partial charge in [0, 0.05) is 99.8 Å². The van der Waals surface area contributed by atoms with E-state index in [0.29, 0.717) is 0 Å². The molecule has 0 N–H and O–H groups in total. The first-order valence-electron chi connectivity index (χ1n) is 47.6. The van der Waals surface area contributed by atoms with Crippen LogP contribution in [0.3, 0.4) is 0 Å². The molecular weight excluding hydrogens is 1700 g/mol. The van der Waals surface area contributed by atoms with Gasteiger partial charge in [0.1, 0.15) is 27.9 Å². The number of furan rings is 3. The van der Waals surface area contributed by atoms with E-state index in [1.54, 1.807) is 0 Å². The zero-order valence-corrected chi connectivity index (χ0v) is 76.6. The van der Waals surface area contributed by atoms with Crippen molar-refractivity contribution < 1.29 is 13.3 Å². The largest absolute Gasteiger partial charge is 0.455 e. The first-order chi connectivity index (χ1) is 69.4. The maximum Gasteiger partial charge on any atom is 0.159 e. The lowest BCUT2D eigenvalue weighted by Gasteiger charge is -2.27. The van der Waals surface area contributed by atoms with Crippen molar-refractivity contribution >= 4 is 139 Å². The molecule has 0 radical (unpaired) electrons. The topological polar surface area (TPSA) is 49.1 Å². The summed E-state index contributed by atoms with van der Waals surface area (Å²) in [6.45, 7) is 0. The number of rotatable bonds is 18. The van der Waals surface area contributed by atoms with E-state index in [1.807, 2.05) is 36.4 Å². The Labute approximate surface area is 813 Å². The summed E-state index contributed by atoms with van der Waals surface area (Å²) in [4.78, 5) is 6.99. The van der Waals surface area contributed by atoms with Crippen LogP contribution in [0.25, 0.3) is 188 Å². The maximum atomic E-state index is 6.79. The minimum Gasteiger partial charge on any atom is -0.455 e. The van der Waals surface area contributed by atoms with E-state index in [0.717, 1.165) is 162 Å². The highest BCUT2D eigenvalue weighted by molar-refractivity contribution is 6.16. The molecule has 3 heterocycles. The van der Waals surface area contributed by atoms with E-state index in [4.69, 9.17) is 13.3 Å². The first-order valence-corrected chi connectivity index (χ1v) is 47.6. The van der Waals surface area contributed by atoms with Crippen LogP contribution < -0.4 is 14.7 Å². The van der Waals surface area contributed by atoms with Crippen LogP contribution in [-0.2, 0) is 0 Å².